The number of hydrogen-bond donors (Lipinski definition) is 1. The van der Waals surface area contributed by atoms with E-state index in [4.69, 9.17) is 22.1 Å². The normalized spacial score (nSPS) is 10.9. The second-order valence-corrected chi connectivity index (χ2v) is 5.19. The minimum atomic E-state index is -0.590. The van der Waals surface area contributed by atoms with Crippen molar-refractivity contribution in [1.29, 1.82) is 0 Å². The highest BCUT2D eigenvalue weighted by Gasteiger charge is 2.13. The number of hydrogen-bond acceptors (Lipinski definition) is 4. The van der Waals surface area contributed by atoms with Gasteiger partial charge in [0, 0.05) is 18.5 Å². The fraction of sp³-hybridized carbons (Fsp3) is 0. The highest BCUT2D eigenvalue weighted by molar-refractivity contribution is 9.10. The summed E-state index contributed by atoms with van der Waals surface area (Å²) in [4.78, 5) is 8.17. The molecule has 20 heavy (non-hydrogen) atoms. The molecule has 2 heterocycles. The summed E-state index contributed by atoms with van der Waals surface area (Å²) in [6.07, 6.45) is 4.89. The van der Waals surface area contributed by atoms with Crippen molar-refractivity contribution in [3.63, 3.8) is 0 Å². The van der Waals surface area contributed by atoms with Gasteiger partial charge in [0.2, 0.25) is 5.65 Å². The fourth-order valence-electron chi connectivity index (χ4n) is 1.68. The van der Waals surface area contributed by atoms with Crippen LogP contribution in [0.25, 0.3) is 5.65 Å². The number of nitrogens with two attached hydrogens (primary N) is 1. The van der Waals surface area contributed by atoms with Crippen LogP contribution in [0.3, 0.4) is 0 Å². The van der Waals surface area contributed by atoms with Crippen molar-refractivity contribution in [2.75, 3.05) is 5.73 Å². The minimum Gasteiger partial charge on any atom is -0.435 e. The van der Waals surface area contributed by atoms with Gasteiger partial charge in [-0.1, -0.05) is 11.6 Å². The molecule has 2 aromatic heterocycles. The van der Waals surface area contributed by atoms with Crippen molar-refractivity contribution >= 4 is 39.0 Å². The Labute approximate surface area is 126 Å². The second-order valence-electron chi connectivity index (χ2n) is 3.93. The summed E-state index contributed by atoms with van der Waals surface area (Å²) >= 11 is 8.93. The summed E-state index contributed by atoms with van der Waals surface area (Å²) in [7, 11) is 0. The summed E-state index contributed by atoms with van der Waals surface area (Å²) in [6, 6.07) is 2.57. The number of nitrogen functional groups attached to an aromatic ring is 1. The van der Waals surface area contributed by atoms with E-state index in [1.165, 1.54) is 6.07 Å². The first kappa shape index (κ1) is 13.1. The molecule has 102 valence electrons. The summed E-state index contributed by atoms with van der Waals surface area (Å²) < 4.78 is 21.2. The Bertz CT molecular complexity index is 807. The first-order valence-corrected chi connectivity index (χ1v) is 6.63. The van der Waals surface area contributed by atoms with Gasteiger partial charge < -0.3 is 10.5 Å². The SMILES string of the molecule is Nc1cn2ccnc2c(Oc2cc(F)c(Cl)cc2Br)n1. The molecule has 5 nitrogen and oxygen atoms in total. The third-order valence-corrected chi connectivity index (χ3v) is 3.45. The molecule has 0 amide bonds. The molecule has 0 unspecified atom stereocenters. The van der Waals surface area contributed by atoms with Crippen LogP contribution in [-0.4, -0.2) is 14.4 Å². The molecule has 0 radical (unpaired) electrons. The van der Waals surface area contributed by atoms with Gasteiger partial charge >= 0.3 is 0 Å². The number of halogens is 3. The van der Waals surface area contributed by atoms with Crippen molar-refractivity contribution in [2.24, 2.45) is 0 Å². The first-order valence-electron chi connectivity index (χ1n) is 5.46. The molecule has 8 heteroatoms. The van der Waals surface area contributed by atoms with Crippen LogP contribution in [0, 0.1) is 5.82 Å². The topological polar surface area (TPSA) is 65.4 Å². The highest BCUT2D eigenvalue weighted by Crippen LogP contribution is 2.34. The molecule has 3 rings (SSSR count). The number of nitrogens with zero attached hydrogens (tertiary/aromatic N) is 3. The lowest BCUT2D eigenvalue weighted by atomic mass is 10.3. The van der Waals surface area contributed by atoms with Crippen LogP contribution in [0.4, 0.5) is 10.2 Å². The van der Waals surface area contributed by atoms with Crippen LogP contribution in [0.1, 0.15) is 0 Å². The minimum absolute atomic E-state index is 0.00396. The quantitative estimate of drug-likeness (QED) is 0.711. The molecular formula is C12H7BrClFN4O. The second kappa shape index (κ2) is 4.92. The molecule has 1 aromatic carbocycles. The number of aromatic nitrogens is 3. The van der Waals surface area contributed by atoms with Crippen molar-refractivity contribution in [2.45, 2.75) is 0 Å². The number of rotatable bonds is 2. The zero-order valence-corrected chi connectivity index (χ0v) is 12.2. The lowest BCUT2D eigenvalue weighted by molar-refractivity contribution is 0.458. The standard InChI is InChI=1S/C12H7BrClFN4O/c13-6-3-7(14)8(15)4-9(6)20-12-11-17-1-2-19(11)5-10(16)18-12/h1-5H,16H2. The van der Waals surface area contributed by atoms with Crippen LogP contribution in [0.2, 0.25) is 5.02 Å². The largest absolute Gasteiger partial charge is 0.435 e. The van der Waals surface area contributed by atoms with E-state index in [9.17, 15) is 4.39 Å². The van der Waals surface area contributed by atoms with Gasteiger partial charge in [-0.25, -0.2) is 9.37 Å². The van der Waals surface area contributed by atoms with Gasteiger partial charge in [0.25, 0.3) is 5.88 Å². The van der Waals surface area contributed by atoms with E-state index < -0.39 is 5.82 Å². The monoisotopic (exact) mass is 356 g/mol. The number of ether oxygens (including phenoxy) is 1. The van der Waals surface area contributed by atoms with E-state index in [1.54, 1.807) is 23.0 Å². The van der Waals surface area contributed by atoms with E-state index in [0.717, 1.165) is 6.07 Å². The van der Waals surface area contributed by atoms with Gasteiger partial charge in [0.05, 0.1) is 15.7 Å². The molecule has 0 saturated heterocycles. The zero-order valence-electron chi connectivity index (χ0n) is 9.85. The lowest BCUT2D eigenvalue weighted by Crippen LogP contribution is -1.99. The fourth-order valence-corrected chi connectivity index (χ4v) is 2.40. The van der Waals surface area contributed by atoms with E-state index in [0.29, 0.717) is 10.1 Å². The first-order chi connectivity index (χ1) is 9.54. The van der Waals surface area contributed by atoms with E-state index in [2.05, 4.69) is 25.9 Å². The number of fused-ring (bicyclic) bond motifs is 1. The lowest BCUT2D eigenvalue weighted by Gasteiger charge is -2.09. The third kappa shape index (κ3) is 2.30. The maximum atomic E-state index is 13.5. The zero-order chi connectivity index (χ0) is 14.3. The molecule has 0 spiro atoms. The molecule has 0 aliphatic carbocycles. The number of benzene rings is 1. The molecule has 2 N–H and O–H groups in total. The molecular weight excluding hydrogens is 351 g/mol. The summed E-state index contributed by atoms with van der Waals surface area (Å²) in [6.45, 7) is 0. The maximum absolute atomic E-state index is 13.5. The van der Waals surface area contributed by atoms with E-state index >= 15 is 0 Å². The Hall–Kier alpha value is -1.86. The molecule has 0 aliphatic rings. The van der Waals surface area contributed by atoms with Crippen LogP contribution in [0.5, 0.6) is 11.6 Å². The number of anilines is 1. The van der Waals surface area contributed by atoms with Gasteiger partial charge in [-0.2, -0.15) is 4.98 Å². The average Bonchev–Trinajstić information content (AvgIpc) is 2.84. The summed E-state index contributed by atoms with van der Waals surface area (Å²) in [5.74, 6) is 0.0801. The molecule has 0 atom stereocenters. The molecule has 3 aromatic rings. The third-order valence-electron chi connectivity index (χ3n) is 2.54. The Kier molecular flexibility index (Phi) is 3.23. The smallest absolute Gasteiger partial charge is 0.265 e. The molecule has 0 aliphatic heterocycles. The maximum Gasteiger partial charge on any atom is 0.265 e. The van der Waals surface area contributed by atoms with Crippen LogP contribution < -0.4 is 10.5 Å². The summed E-state index contributed by atoms with van der Waals surface area (Å²) in [5, 5.41) is -0.00396. The highest BCUT2D eigenvalue weighted by atomic mass is 79.9. The van der Waals surface area contributed by atoms with Crippen LogP contribution >= 0.6 is 27.5 Å². The van der Waals surface area contributed by atoms with Gasteiger partial charge in [-0.05, 0) is 22.0 Å². The van der Waals surface area contributed by atoms with E-state index in [-0.39, 0.29) is 22.5 Å². The van der Waals surface area contributed by atoms with Gasteiger partial charge in [0.1, 0.15) is 17.4 Å². The van der Waals surface area contributed by atoms with Gasteiger partial charge in [0.15, 0.2) is 0 Å². The average molecular weight is 358 g/mol. The van der Waals surface area contributed by atoms with Crippen LogP contribution in [-0.2, 0) is 0 Å². The van der Waals surface area contributed by atoms with Crippen molar-refractivity contribution in [3.05, 3.63) is 46.0 Å². The molecule has 0 fully saturated rings. The summed E-state index contributed by atoms with van der Waals surface area (Å²) in [5.41, 5.74) is 6.16. The predicted octanol–water partition coefficient (Wildman–Crippen LogP) is 3.66. The van der Waals surface area contributed by atoms with Gasteiger partial charge in [-0.3, -0.25) is 4.40 Å². The molecule has 0 saturated carbocycles. The Morgan fingerprint density at radius 3 is 3.00 bits per heavy atom. The van der Waals surface area contributed by atoms with Gasteiger partial charge in [-0.15, -0.1) is 0 Å². The number of imidazole rings is 1. The Morgan fingerprint density at radius 2 is 2.20 bits per heavy atom. The Balaban J connectivity index is 2.09. The van der Waals surface area contributed by atoms with E-state index in [1.807, 2.05) is 0 Å². The predicted molar refractivity (Wildman–Crippen MR) is 76.6 cm³/mol. The van der Waals surface area contributed by atoms with Crippen LogP contribution in [0.15, 0.2) is 35.2 Å². The van der Waals surface area contributed by atoms with Crippen molar-refractivity contribution < 1.29 is 9.13 Å². The van der Waals surface area contributed by atoms with Crippen molar-refractivity contribution in [1.82, 2.24) is 14.4 Å². The van der Waals surface area contributed by atoms with Crippen molar-refractivity contribution in [3.8, 4) is 11.6 Å². The Morgan fingerprint density at radius 1 is 1.40 bits per heavy atom. The molecule has 0 bridgehead atoms.